The highest BCUT2D eigenvalue weighted by Crippen LogP contribution is 2.28. The first-order chi connectivity index (χ1) is 10.3. The second-order valence-electron chi connectivity index (χ2n) is 4.44. The third kappa shape index (κ3) is 2.56. The van der Waals surface area contributed by atoms with Gasteiger partial charge in [-0.15, -0.1) is 0 Å². The first-order valence-corrected chi connectivity index (χ1v) is 6.51. The van der Waals surface area contributed by atoms with Crippen molar-refractivity contribution in [1.82, 2.24) is 19.5 Å². The lowest BCUT2D eigenvalue weighted by molar-refractivity contribution is 0.0112. The van der Waals surface area contributed by atoms with E-state index >= 15 is 0 Å². The number of benzene rings is 1. The molecule has 1 unspecified atom stereocenters. The zero-order valence-corrected chi connectivity index (χ0v) is 11.3. The first kappa shape index (κ1) is 13.5. The quantitative estimate of drug-likeness (QED) is 0.723. The van der Waals surface area contributed by atoms with Gasteiger partial charge in [0.2, 0.25) is 0 Å². The fourth-order valence-corrected chi connectivity index (χ4v) is 2.14. The Hall–Kier alpha value is -2.51. The van der Waals surface area contributed by atoms with Crippen LogP contribution in [0.5, 0.6) is 0 Å². The van der Waals surface area contributed by atoms with Crippen molar-refractivity contribution in [1.29, 1.82) is 0 Å². The SMILES string of the molecule is Nc1c2ncnc-2ncn1C(OCCO)c1ccccc1. The van der Waals surface area contributed by atoms with Gasteiger partial charge >= 0.3 is 0 Å². The van der Waals surface area contributed by atoms with Crippen LogP contribution in [-0.2, 0) is 4.74 Å². The van der Waals surface area contributed by atoms with Crippen LogP contribution in [0.1, 0.15) is 11.8 Å². The zero-order valence-electron chi connectivity index (χ0n) is 11.3. The molecule has 3 rings (SSSR count). The van der Waals surface area contributed by atoms with E-state index in [1.165, 1.54) is 6.33 Å². The van der Waals surface area contributed by atoms with Crippen LogP contribution in [0.3, 0.4) is 0 Å². The summed E-state index contributed by atoms with van der Waals surface area (Å²) in [6.45, 7) is 0.117. The molecule has 108 valence electrons. The molecule has 0 fully saturated rings. The molecule has 0 aromatic heterocycles. The van der Waals surface area contributed by atoms with Crippen LogP contribution < -0.4 is 5.73 Å². The Balaban J connectivity index is 2.06. The van der Waals surface area contributed by atoms with Crippen molar-refractivity contribution in [3.63, 3.8) is 0 Å². The van der Waals surface area contributed by atoms with Crippen LogP contribution in [-0.4, -0.2) is 37.8 Å². The van der Waals surface area contributed by atoms with Gasteiger partial charge in [-0.3, -0.25) is 4.57 Å². The van der Waals surface area contributed by atoms with Crippen molar-refractivity contribution in [3.05, 3.63) is 48.5 Å². The third-order valence-corrected chi connectivity index (χ3v) is 3.11. The minimum atomic E-state index is -0.480. The smallest absolute Gasteiger partial charge is 0.184 e. The highest BCUT2D eigenvalue weighted by atomic mass is 16.5. The standard InChI is InChI=1S/C14H15N5O2/c15-12-11-13(17-8-16-11)18-9-19(12)14(21-7-6-20)10-4-2-1-3-5-10/h1-5,8-9,14,20H,6-7,15H2. The fourth-order valence-electron chi connectivity index (χ4n) is 2.14. The molecule has 7 heteroatoms. The van der Waals surface area contributed by atoms with E-state index in [4.69, 9.17) is 15.6 Å². The maximum Gasteiger partial charge on any atom is 0.184 e. The Morgan fingerprint density at radius 3 is 2.76 bits per heavy atom. The summed E-state index contributed by atoms with van der Waals surface area (Å²) in [5.41, 5.74) is 7.59. The summed E-state index contributed by atoms with van der Waals surface area (Å²) in [6, 6.07) is 9.60. The number of nitrogens with zero attached hydrogens (tertiary/aromatic N) is 4. The number of hydrogen-bond acceptors (Lipinski definition) is 6. The van der Waals surface area contributed by atoms with Crippen LogP contribution in [0.2, 0.25) is 0 Å². The summed E-state index contributed by atoms with van der Waals surface area (Å²) < 4.78 is 7.40. The number of nitrogens with two attached hydrogens (primary N) is 1. The largest absolute Gasteiger partial charge is 0.394 e. The summed E-state index contributed by atoms with van der Waals surface area (Å²) in [7, 11) is 0. The van der Waals surface area contributed by atoms with E-state index in [1.807, 2.05) is 30.3 Å². The van der Waals surface area contributed by atoms with Gasteiger partial charge in [-0.05, 0) is 0 Å². The average molecular weight is 285 g/mol. The number of nitrogen functional groups attached to an aromatic ring is 1. The van der Waals surface area contributed by atoms with E-state index in [1.54, 1.807) is 10.9 Å². The van der Waals surface area contributed by atoms with Gasteiger partial charge in [-0.25, -0.2) is 15.0 Å². The van der Waals surface area contributed by atoms with Gasteiger partial charge in [0, 0.05) is 5.56 Å². The fraction of sp³-hybridized carbons (Fsp3) is 0.214. The Morgan fingerprint density at radius 2 is 2.00 bits per heavy atom. The van der Waals surface area contributed by atoms with Gasteiger partial charge in [-0.2, -0.15) is 0 Å². The Morgan fingerprint density at radius 1 is 1.19 bits per heavy atom. The molecule has 0 amide bonds. The molecular formula is C14H15N5O2. The topological polar surface area (TPSA) is 99.1 Å². The summed E-state index contributed by atoms with van der Waals surface area (Å²) in [5.74, 6) is 0.919. The average Bonchev–Trinajstić information content (AvgIpc) is 3.00. The summed E-state index contributed by atoms with van der Waals surface area (Å²) in [6.07, 6.45) is 2.51. The normalized spacial score (nSPS) is 12.6. The lowest BCUT2D eigenvalue weighted by Gasteiger charge is -2.23. The molecule has 1 aromatic carbocycles. The van der Waals surface area contributed by atoms with Crippen LogP contribution in [0.15, 0.2) is 43.0 Å². The Labute approximate surface area is 121 Å². The molecule has 0 aliphatic carbocycles. The van der Waals surface area contributed by atoms with E-state index in [9.17, 15) is 0 Å². The summed E-state index contributed by atoms with van der Waals surface area (Å²) >= 11 is 0. The number of imidazole rings is 1. The molecule has 2 aliphatic heterocycles. The van der Waals surface area contributed by atoms with Crippen molar-refractivity contribution in [2.75, 3.05) is 18.9 Å². The minimum Gasteiger partial charge on any atom is -0.394 e. The van der Waals surface area contributed by atoms with Gasteiger partial charge < -0.3 is 15.6 Å². The lowest BCUT2D eigenvalue weighted by Crippen LogP contribution is -2.20. The Bertz CT molecular complexity index is 685. The number of aliphatic hydroxyl groups is 1. The van der Waals surface area contributed by atoms with Crippen molar-refractivity contribution in [3.8, 4) is 11.5 Å². The van der Waals surface area contributed by atoms with E-state index < -0.39 is 6.23 Å². The molecule has 0 saturated heterocycles. The molecule has 3 N–H and O–H groups in total. The second-order valence-corrected chi connectivity index (χ2v) is 4.44. The lowest BCUT2D eigenvalue weighted by atomic mass is 10.2. The van der Waals surface area contributed by atoms with Crippen LogP contribution in [0, 0.1) is 0 Å². The zero-order chi connectivity index (χ0) is 14.7. The van der Waals surface area contributed by atoms with E-state index in [0.29, 0.717) is 17.3 Å². The molecule has 2 aliphatic rings. The number of aromatic nitrogens is 4. The summed E-state index contributed by atoms with van der Waals surface area (Å²) in [4.78, 5) is 12.4. The number of ether oxygens (including phenoxy) is 1. The molecular weight excluding hydrogens is 270 g/mol. The number of aliphatic hydroxyl groups excluding tert-OH is 1. The predicted molar refractivity (Wildman–Crippen MR) is 76.5 cm³/mol. The molecule has 0 radical (unpaired) electrons. The van der Waals surface area contributed by atoms with Crippen molar-refractivity contribution < 1.29 is 9.84 Å². The predicted octanol–water partition coefficient (Wildman–Crippen LogP) is 0.916. The third-order valence-electron chi connectivity index (χ3n) is 3.11. The Kier molecular flexibility index (Phi) is 3.76. The minimum absolute atomic E-state index is 0.0738. The molecule has 2 heterocycles. The summed E-state index contributed by atoms with van der Waals surface area (Å²) in [5, 5.41) is 9.01. The van der Waals surface area contributed by atoms with E-state index in [-0.39, 0.29) is 13.2 Å². The van der Waals surface area contributed by atoms with Crippen molar-refractivity contribution >= 4 is 5.82 Å². The van der Waals surface area contributed by atoms with Gasteiger partial charge in [0.1, 0.15) is 24.2 Å². The molecule has 0 bridgehead atoms. The molecule has 0 saturated carbocycles. The van der Waals surface area contributed by atoms with Gasteiger partial charge in [0.15, 0.2) is 12.1 Å². The van der Waals surface area contributed by atoms with Crippen molar-refractivity contribution in [2.24, 2.45) is 0 Å². The van der Waals surface area contributed by atoms with E-state index in [0.717, 1.165) is 5.56 Å². The maximum atomic E-state index is 9.01. The first-order valence-electron chi connectivity index (χ1n) is 6.51. The highest BCUT2D eigenvalue weighted by molar-refractivity contribution is 5.64. The van der Waals surface area contributed by atoms with Crippen molar-refractivity contribution in [2.45, 2.75) is 6.23 Å². The van der Waals surface area contributed by atoms with Crippen LogP contribution in [0.25, 0.3) is 11.5 Å². The number of hydrogen-bond donors (Lipinski definition) is 2. The second kappa shape index (κ2) is 5.86. The van der Waals surface area contributed by atoms with Crippen LogP contribution in [0.4, 0.5) is 5.82 Å². The molecule has 1 aromatic rings. The van der Waals surface area contributed by atoms with Crippen LogP contribution >= 0.6 is 0 Å². The number of rotatable bonds is 5. The number of anilines is 1. The maximum absolute atomic E-state index is 9.01. The van der Waals surface area contributed by atoms with E-state index in [2.05, 4.69) is 15.0 Å². The van der Waals surface area contributed by atoms with Gasteiger partial charge in [0.05, 0.1) is 13.2 Å². The van der Waals surface area contributed by atoms with Gasteiger partial charge in [0.25, 0.3) is 0 Å². The van der Waals surface area contributed by atoms with Gasteiger partial charge in [-0.1, -0.05) is 30.3 Å². The highest BCUT2D eigenvalue weighted by Gasteiger charge is 2.20. The molecule has 1 atom stereocenters. The molecule has 7 nitrogen and oxygen atoms in total. The molecule has 0 spiro atoms. The monoisotopic (exact) mass is 285 g/mol. The number of fused-ring (bicyclic) bond motifs is 1. The molecule has 21 heavy (non-hydrogen) atoms.